The molecule has 2 aromatic heterocycles. The quantitative estimate of drug-likeness (QED) is 0.660. The molecule has 0 aliphatic rings. The minimum Gasteiger partial charge on any atom is -0.444 e. The molecule has 0 radical (unpaired) electrons. The number of rotatable bonds is 6. The van der Waals surface area contributed by atoms with Crippen molar-refractivity contribution in [2.75, 3.05) is 0 Å². The largest absolute Gasteiger partial charge is 0.444 e. The molecule has 0 aliphatic carbocycles. The van der Waals surface area contributed by atoms with Crippen LogP contribution in [-0.2, 0) is 15.8 Å². The highest BCUT2D eigenvalue weighted by molar-refractivity contribution is 6.74. The van der Waals surface area contributed by atoms with Crippen molar-refractivity contribution < 1.29 is 14.0 Å². The monoisotopic (exact) mass is 433 g/mol. The van der Waals surface area contributed by atoms with Gasteiger partial charge in [0.25, 0.3) is 0 Å². The van der Waals surface area contributed by atoms with Gasteiger partial charge in [0.15, 0.2) is 8.32 Å². The lowest BCUT2D eigenvalue weighted by atomic mass is 10.2. The summed E-state index contributed by atoms with van der Waals surface area (Å²) in [5.41, 5.74) is 1.08. The smallest absolute Gasteiger partial charge is 0.408 e. The standard InChI is InChI=1S/C21H35N5O3Si/c1-15(25-19(27)29-20(2,3)4)16-10-22-18(23-11-16)26-12-17(24-14-26)13-28-30(8,9)21(5,6)7/h10-12,14-15H,13H2,1-9H3,(H,25,27)/t15-/m0/s1. The van der Waals surface area contributed by atoms with Crippen LogP contribution in [0.15, 0.2) is 24.9 Å². The lowest BCUT2D eigenvalue weighted by Crippen LogP contribution is -2.40. The number of nitrogens with one attached hydrogen (secondary N) is 1. The van der Waals surface area contributed by atoms with Crippen molar-refractivity contribution in [3.8, 4) is 5.95 Å². The topological polar surface area (TPSA) is 91.2 Å². The summed E-state index contributed by atoms with van der Waals surface area (Å²) in [6.45, 7) is 18.9. The maximum atomic E-state index is 11.9. The Morgan fingerprint density at radius 1 is 1.13 bits per heavy atom. The molecule has 0 spiro atoms. The highest BCUT2D eigenvalue weighted by Crippen LogP contribution is 2.36. The van der Waals surface area contributed by atoms with Crippen LogP contribution in [0.5, 0.6) is 0 Å². The van der Waals surface area contributed by atoms with E-state index >= 15 is 0 Å². The molecule has 0 aliphatic heterocycles. The van der Waals surface area contributed by atoms with Crippen LogP contribution in [0.1, 0.15) is 65.8 Å². The molecule has 1 atom stereocenters. The highest BCUT2D eigenvalue weighted by Gasteiger charge is 2.37. The van der Waals surface area contributed by atoms with Gasteiger partial charge >= 0.3 is 6.09 Å². The van der Waals surface area contributed by atoms with Crippen LogP contribution in [0, 0.1) is 0 Å². The first-order valence-electron chi connectivity index (χ1n) is 10.2. The summed E-state index contributed by atoms with van der Waals surface area (Å²) >= 11 is 0. The van der Waals surface area contributed by atoms with Gasteiger partial charge < -0.3 is 14.5 Å². The first-order valence-corrected chi connectivity index (χ1v) is 13.1. The van der Waals surface area contributed by atoms with Gasteiger partial charge in [-0.3, -0.25) is 4.57 Å². The second kappa shape index (κ2) is 8.85. The lowest BCUT2D eigenvalue weighted by molar-refractivity contribution is 0.0508. The van der Waals surface area contributed by atoms with Gasteiger partial charge in [0, 0.05) is 24.2 Å². The van der Waals surface area contributed by atoms with Gasteiger partial charge in [-0.1, -0.05) is 20.8 Å². The number of imidazole rings is 1. The van der Waals surface area contributed by atoms with Crippen LogP contribution in [0.25, 0.3) is 5.95 Å². The number of alkyl carbamates (subject to hydrolysis) is 1. The van der Waals surface area contributed by atoms with Crippen LogP contribution in [0.2, 0.25) is 18.1 Å². The average Bonchev–Trinajstić information content (AvgIpc) is 3.06. The van der Waals surface area contributed by atoms with E-state index in [1.54, 1.807) is 23.3 Å². The van der Waals surface area contributed by atoms with Crippen molar-refractivity contribution >= 4 is 14.4 Å². The number of carbonyl (C=O) groups excluding carboxylic acids is 1. The summed E-state index contributed by atoms with van der Waals surface area (Å²) in [7, 11) is -1.83. The summed E-state index contributed by atoms with van der Waals surface area (Å²) in [6.07, 6.45) is 6.47. The molecular weight excluding hydrogens is 398 g/mol. The van der Waals surface area contributed by atoms with Crippen LogP contribution in [-0.4, -0.2) is 39.5 Å². The summed E-state index contributed by atoms with van der Waals surface area (Å²) in [6, 6.07) is -0.273. The molecule has 0 unspecified atom stereocenters. The maximum absolute atomic E-state index is 11.9. The van der Waals surface area contributed by atoms with E-state index in [9.17, 15) is 4.79 Å². The Kier molecular flexibility index (Phi) is 7.08. The van der Waals surface area contributed by atoms with E-state index < -0.39 is 20.0 Å². The molecule has 2 heterocycles. The fourth-order valence-electron chi connectivity index (χ4n) is 2.27. The van der Waals surface area contributed by atoms with Crippen LogP contribution >= 0.6 is 0 Å². The molecule has 0 saturated heterocycles. The molecule has 0 aromatic carbocycles. The molecule has 8 nitrogen and oxygen atoms in total. The fraction of sp³-hybridized carbons (Fsp3) is 0.619. The zero-order chi connectivity index (χ0) is 22.7. The van der Waals surface area contributed by atoms with Crippen molar-refractivity contribution in [1.29, 1.82) is 0 Å². The molecule has 0 saturated carbocycles. The summed E-state index contributed by atoms with van der Waals surface area (Å²) in [4.78, 5) is 25.1. The highest BCUT2D eigenvalue weighted by atomic mass is 28.4. The second-order valence-electron chi connectivity index (χ2n) is 10.0. The van der Waals surface area contributed by atoms with Gasteiger partial charge in [-0.2, -0.15) is 0 Å². The summed E-state index contributed by atoms with van der Waals surface area (Å²) in [5.74, 6) is 0.509. The number of aromatic nitrogens is 4. The van der Waals surface area contributed by atoms with Gasteiger partial charge in [-0.25, -0.2) is 19.7 Å². The zero-order valence-electron chi connectivity index (χ0n) is 19.6. The number of ether oxygens (including phenoxy) is 1. The maximum Gasteiger partial charge on any atom is 0.408 e. The van der Waals surface area contributed by atoms with Crippen LogP contribution in [0.4, 0.5) is 4.79 Å². The van der Waals surface area contributed by atoms with Crippen molar-refractivity contribution in [2.45, 2.75) is 84.8 Å². The summed E-state index contributed by atoms with van der Waals surface area (Å²) in [5, 5.41) is 2.94. The van der Waals surface area contributed by atoms with E-state index in [0.717, 1.165) is 11.3 Å². The predicted molar refractivity (Wildman–Crippen MR) is 119 cm³/mol. The third-order valence-corrected chi connectivity index (χ3v) is 9.62. The van der Waals surface area contributed by atoms with Crippen molar-refractivity contribution in [3.63, 3.8) is 0 Å². The lowest BCUT2D eigenvalue weighted by Gasteiger charge is -2.35. The van der Waals surface area contributed by atoms with Gasteiger partial charge in [-0.15, -0.1) is 0 Å². The Hall–Kier alpha value is -2.26. The third-order valence-electron chi connectivity index (χ3n) is 5.15. The van der Waals surface area contributed by atoms with E-state index in [4.69, 9.17) is 9.16 Å². The van der Waals surface area contributed by atoms with Gasteiger partial charge in [0.1, 0.15) is 11.9 Å². The molecule has 0 fully saturated rings. The fourth-order valence-corrected chi connectivity index (χ4v) is 3.22. The van der Waals surface area contributed by atoms with E-state index in [1.807, 2.05) is 33.9 Å². The molecule has 1 amide bonds. The van der Waals surface area contributed by atoms with Crippen LogP contribution in [0.3, 0.4) is 0 Å². The Morgan fingerprint density at radius 3 is 2.27 bits per heavy atom. The molecule has 166 valence electrons. The van der Waals surface area contributed by atoms with Crippen LogP contribution < -0.4 is 5.32 Å². The molecular formula is C21H35N5O3Si. The minimum atomic E-state index is -1.83. The number of nitrogens with zero attached hydrogens (tertiary/aromatic N) is 4. The van der Waals surface area contributed by atoms with E-state index in [-0.39, 0.29) is 11.1 Å². The second-order valence-corrected chi connectivity index (χ2v) is 14.8. The van der Waals surface area contributed by atoms with E-state index in [0.29, 0.717) is 12.6 Å². The average molecular weight is 434 g/mol. The number of hydrogen-bond donors (Lipinski definition) is 1. The van der Waals surface area contributed by atoms with Gasteiger partial charge in [-0.05, 0) is 45.8 Å². The SMILES string of the molecule is C[C@H](NC(=O)OC(C)(C)C)c1cnc(-n2cnc(CO[Si](C)(C)C(C)(C)C)c2)nc1. The molecule has 9 heteroatoms. The van der Waals surface area contributed by atoms with Crippen molar-refractivity contribution in [2.24, 2.45) is 0 Å². The third kappa shape index (κ3) is 6.63. The van der Waals surface area contributed by atoms with Crippen molar-refractivity contribution in [1.82, 2.24) is 24.8 Å². The molecule has 1 N–H and O–H groups in total. The first-order chi connectivity index (χ1) is 13.7. The van der Waals surface area contributed by atoms with Gasteiger partial charge in [0.2, 0.25) is 5.95 Å². The predicted octanol–water partition coefficient (Wildman–Crippen LogP) is 4.77. The number of amides is 1. The zero-order valence-corrected chi connectivity index (χ0v) is 20.6. The molecule has 2 aromatic rings. The number of carbonyl (C=O) groups is 1. The molecule has 30 heavy (non-hydrogen) atoms. The Balaban J connectivity index is 1.99. The van der Waals surface area contributed by atoms with Gasteiger partial charge in [0.05, 0.1) is 18.3 Å². The van der Waals surface area contributed by atoms with E-state index in [2.05, 4.69) is 54.1 Å². The normalized spacial score (nSPS) is 13.8. The van der Waals surface area contributed by atoms with Crippen molar-refractivity contribution in [3.05, 3.63) is 36.2 Å². The minimum absolute atomic E-state index is 0.151. The Morgan fingerprint density at radius 2 is 1.73 bits per heavy atom. The first kappa shape index (κ1) is 24.0. The van der Waals surface area contributed by atoms with E-state index in [1.165, 1.54) is 0 Å². The Bertz CT molecular complexity index is 851. The molecule has 2 rings (SSSR count). The summed E-state index contributed by atoms with van der Waals surface area (Å²) < 4.78 is 13.3. The number of hydrogen-bond acceptors (Lipinski definition) is 6. The molecule has 0 bridgehead atoms. The Labute approximate surface area is 180 Å².